The lowest BCUT2D eigenvalue weighted by Crippen LogP contribution is -2.34. The highest BCUT2D eigenvalue weighted by Gasteiger charge is 2.42. The third-order valence-electron chi connectivity index (χ3n) is 2.49. The van der Waals surface area contributed by atoms with Gasteiger partial charge >= 0.3 is 8.18 Å². The first kappa shape index (κ1) is 12.9. The Kier molecular flexibility index (Phi) is 4.94. The van der Waals surface area contributed by atoms with Crippen molar-refractivity contribution in [2.45, 2.75) is 31.9 Å². The van der Waals surface area contributed by atoms with Crippen LogP contribution in [0.1, 0.15) is 20.3 Å². The maximum Gasteiger partial charge on any atom is 0.617 e. The molecule has 1 heterocycles. The van der Waals surface area contributed by atoms with Crippen molar-refractivity contribution in [3.8, 4) is 0 Å². The molecule has 0 bridgehead atoms. The Balaban J connectivity index is 2.67. The van der Waals surface area contributed by atoms with Crippen LogP contribution >= 0.6 is 19.8 Å². The normalized spacial score (nSPS) is 28.9. The average molecular weight is 249 g/mol. The summed E-state index contributed by atoms with van der Waals surface area (Å²) in [6, 6.07) is 0.0933. The molecule has 0 saturated carbocycles. The lowest BCUT2D eigenvalue weighted by Gasteiger charge is -2.22. The third kappa shape index (κ3) is 3.39. The first-order valence-electron chi connectivity index (χ1n) is 4.90. The van der Waals surface area contributed by atoms with E-state index in [0.29, 0.717) is 13.0 Å². The molecule has 1 saturated heterocycles. The number of allylic oxidation sites excluding steroid dienone is 2. The van der Waals surface area contributed by atoms with Crippen LogP contribution in [0.2, 0.25) is 0 Å². The zero-order valence-corrected chi connectivity index (χ0v) is 10.7. The third-order valence-corrected chi connectivity index (χ3v) is 4.32. The van der Waals surface area contributed by atoms with E-state index >= 15 is 0 Å². The van der Waals surface area contributed by atoms with Crippen LogP contribution in [0.3, 0.4) is 0 Å². The van der Waals surface area contributed by atoms with Gasteiger partial charge in [0.2, 0.25) is 0 Å². The van der Waals surface area contributed by atoms with E-state index in [1.165, 1.54) is 0 Å². The molecule has 1 aliphatic heterocycles. The van der Waals surface area contributed by atoms with E-state index in [1.807, 2.05) is 24.6 Å². The molecule has 84 valence electrons. The van der Waals surface area contributed by atoms with Crippen LogP contribution < -0.4 is 0 Å². The topological polar surface area (TPSA) is 29.5 Å². The second kappa shape index (κ2) is 5.76. The highest BCUT2D eigenvalue weighted by Crippen LogP contribution is 2.40. The molecule has 0 aromatic heterocycles. The minimum Gasteiger partial charge on any atom is -0.110 e. The number of nitrogens with zero attached hydrogens (tertiary/aromatic N) is 1. The average Bonchev–Trinajstić information content (AvgIpc) is 2.17. The molecule has 0 aliphatic carbocycles. The van der Waals surface area contributed by atoms with E-state index in [0.717, 1.165) is 5.57 Å². The summed E-state index contributed by atoms with van der Waals surface area (Å²) in [5.41, 5.74) is 0.700. The second-order valence-electron chi connectivity index (χ2n) is 3.53. The van der Waals surface area contributed by atoms with Crippen LogP contribution in [0, 0.1) is 0 Å². The van der Waals surface area contributed by atoms with Gasteiger partial charge in [-0.05, 0) is 18.4 Å². The molecule has 3 atom stereocenters. The van der Waals surface area contributed by atoms with Gasteiger partial charge in [-0.3, -0.25) is 0 Å². The van der Waals surface area contributed by atoms with Crippen molar-refractivity contribution in [2.24, 2.45) is 0 Å². The molecule has 0 amide bonds. The van der Waals surface area contributed by atoms with Crippen molar-refractivity contribution >= 4 is 19.8 Å². The Bertz CT molecular complexity index is 293. The van der Waals surface area contributed by atoms with Gasteiger partial charge in [-0.25, -0.2) is 0 Å². The number of rotatable bonds is 3. The zero-order valence-electron chi connectivity index (χ0n) is 9.02. The number of halogens is 1. The van der Waals surface area contributed by atoms with E-state index in [2.05, 4.69) is 6.58 Å². The molecule has 0 N–H and O–H groups in total. The second-order valence-corrected chi connectivity index (χ2v) is 5.21. The summed E-state index contributed by atoms with van der Waals surface area (Å²) >= 11 is 5.76. The lowest BCUT2D eigenvalue weighted by molar-refractivity contribution is 0.184. The van der Waals surface area contributed by atoms with Crippen molar-refractivity contribution in [1.82, 2.24) is 4.67 Å². The van der Waals surface area contributed by atoms with Crippen molar-refractivity contribution < 1.29 is 9.09 Å². The molecule has 3 nitrogen and oxygen atoms in total. The van der Waals surface area contributed by atoms with Crippen molar-refractivity contribution in [1.29, 1.82) is 0 Å². The lowest BCUT2D eigenvalue weighted by atomic mass is 10.1. The quantitative estimate of drug-likeness (QED) is 0.435. The predicted octanol–water partition coefficient (Wildman–Crippen LogP) is 3.45. The molecular weight excluding hydrogens is 233 g/mol. The van der Waals surface area contributed by atoms with Gasteiger partial charge in [-0.15, -0.1) is 4.52 Å². The molecule has 1 rings (SSSR count). The van der Waals surface area contributed by atoms with E-state index in [1.54, 1.807) is 6.08 Å². The summed E-state index contributed by atoms with van der Waals surface area (Å²) in [6.45, 7) is 8.33. The fraction of sp³-hybridized carbons (Fsp3) is 0.600. The summed E-state index contributed by atoms with van der Waals surface area (Å²) in [7, 11) is -1.80. The summed E-state index contributed by atoms with van der Waals surface area (Å²) in [6.07, 6.45) is 4.35. The SMILES string of the molecule is C=CC=C(C)C(C)N1CCC(Cl)O[P+]1=O. The van der Waals surface area contributed by atoms with Gasteiger partial charge in [0.05, 0.1) is 12.6 Å². The number of hydrogen-bond donors (Lipinski definition) is 0. The molecule has 0 aromatic rings. The maximum absolute atomic E-state index is 11.7. The van der Waals surface area contributed by atoms with Gasteiger partial charge in [0.25, 0.3) is 0 Å². The highest BCUT2D eigenvalue weighted by molar-refractivity contribution is 7.36. The minimum absolute atomic E-state index is 0.0933. The summed E-state index contributed by atoms with van der Waals surface area (Å²) in [5.74, 6) is 0. The largest absolute Gasteiger partial charge is 0.617 e. The first-order chi connectivity index (χ1) is 7.06. The molecule has 1 aliphatic rings. The molecule has 3 unspecified atom stereocenters. The Labute approximate surface area is 96.7 Å². The zero-order chi connectivity index (χ0) is 11.4. The monoisotopic (exact) mass is 248 g/mol. The number of alkyl halides is 1. The highest BCUT2D eigenvalue weighted by atomic mass is 35.5. The molecule has 15 heavy (non-hydrogen) atoms. The maximum atomic E-state index is 11.7. The summed E-state index contributed by atoms with van der Waals surface area (Å²) in [4.78, 5) is 0. The molecule has 1 fully saturated rings. The van der Waals surface area contributed by atoms with E-state index in [-0.39, 0.29) is 6.04 Å². The fourth-order valence-corrected chi connectivity index (χ4v) is 2.89. The van der Waals surface area contributed by atoms with Crippen molar-refractivity contribution in [3.63, 3.8) is 0 Å². The van der Waals surface area contributed by atoms with Crippen LogP contribution in [-0.2, 0) is 9.09 Å². The van der Waals surface area contributed by atoms with Gasteiger partial charge in [-0.1, -0.05) is 40.6 Å². The fourth-order valence-electron chi connectivity index (χ4n) is 1.42. The molecule has 0 radical (unpaired) electrons. The summed E-state index contributed by atoms with van der Waals surface area (Å²) < 4.78 is 18.6. The molecule has 0 spiro atoms. The van der Waals surface area contributed by atoms with Gasteiger partial charge < -0.3 is 0 Å². The first-order valence-corrected chi connectivity index (χ1v) is 6.46. The Morgan fingerprint density at radius 2 is 2.47 bits per heavy atom. The Hall–Kier alpha value is -0.210. The Morgan fingerprint density at radius 1 is 1.80 bits per heavy atom. The molecule has 0 aromatic carbocycles. The van der Waals surface area contributed by atoms with Crippen molar-refractivity contribution in [3.05, 3.63) is 24.3 Å². The van der Waals surface area contributed by atoms with Gasteiger partial charge in [0, 0.05) is 6.42 Å². The molecule has 5 heteroatoms. The van der Waals surface area contributed by atoms with Gasteiger partial charge in [0.15, 0.2) is 5.56 Å². The van der Waals surface area contributed by atoms with Crippen LogP contribution in [0.25, 0.3) is 0 Å². The number of hydrogen-bond acceptors (Lipinski definition) is 2. The van der Waals surface area contributed by atoms with Gasteiger partial charge in [0.1, 0.15) is 0 Å². The van der Waals surface area contributed by atoms with E-state index in [4.69, 9.17) is 16.1 Å². The van der Waals surface area contributed by atoms with Crippen LogP contribution in [0.4, 0.5) is 0 Å². The van der Waals surface area contributed by atoms with Crippen LogP contribution in [-0.4, -0.2) is 22.8 Å². The van der Waals surface area contributed by atoms with Crippen LogP contribution in [0.5, 0.6) is 0 Å². The van der Waals surface area contributed by atoms with Crippen molar-refractivity contribution in [2.75, 3.05) is 6.54 Å². The van der Waals surface area contributed by atoms with E-state index in [9.17, 15) is 4.57 Å². The predicted molar refractivity (Wildman–Crippen MR) is 63.1 cm³/mol. The van der Waals surface area contributed by atoms with Crippen LogP contribution in [0.15, 0.2) is 24.3 Å². The Morgan fingerprint density at radius 3 is 3.00 bits per heavy atom. The van der Waals surface area contributed by atoms with E-state index < -0.39 is 13.7 Å². The molecular formula is C10H16ClNO2P+. The van der Waals surface area contributed by atoms with Gasteiger partial charge in [-0.2, -0.15) is 0 Å². The summed E-state index contributed by atoms with van der Waals surface area (Å²) in [5, 5.41) is 0. The smallest absolute Gasteiger partial charge is 0.110 e. The standard InChI is InChI=1S/C10H16ClNO2P/c1-4-5-8(2)9(3)12-7-6-10(11)14-15(12)13/h4-5,9-10H,1,6-7H2,2-3H3/q+1. The minimum atomic E-state index is -1.80.